The molecule has 0 aromatic heterocycles. The number of piperazine rings is 1. The maximum Gasteiger partial charge on any atom is 0.271 e. The summed E-state index contributed by atoms with van der Waals surface area (Å²) in [4.78, 5) is 17.3. The third-order valence-electron chi connectivity index (χ3n) is 7.19. The lowest BCUT2D eigenvalue weighted by atomic mass is 10.0. The molecule has 1 fully saturated rings. The Kier molecular flexibility index (Phi) is 10.0. The van der Waals surface area contributed by atoms with Gasteiger partial charge in [0.15, 0.2) is 11.5 Å². The number of hydrogen-bond acceptors (Lipinski definition) is 7. The third kappa shape index (κ3) is 7.78. The van der Waals surface area contributed by atoms with Gasteiger partial charge in [0.05, 0.1) is 18.3 Å². The summed E-state index contributed by atoms with van der Waals surface area (Å²) in [7, 11) is 1.60. The molecular formula is C33H32Cl2N4O4. The number of benzene rings is 4. The summed E-state index contributed by atoms with van der Waals surface area (Å²) >= 11 is 12.0. The Bertz CT molecular complexity index is 1570. The van der Waals surface area contributed by atoms with Crippen molar-refractivity contribution >= 4 is 41.0 Å². The van der Waals surface area contributed by atoms with Gasteiger partial charge in [0, 0.05) is 54.6 Å². The predicted molar refractivity (Wildman–Crippen MR) is 172 cm³/mol. The number of methoxy groups -OCH3 is 1. The van der Waals surface area contributed by atoms with Gasteiger partial charge in [0.25, 0.3) is 5.91 Å². The standard InChI is InChI=1S/C33H32Cl2N4O4/c1-42-31-20-23(22-36-37-33(41)25-7-12-30(40)29(35)21-25)19-28(24-5-3-2-4-6-24)32(31)43-18-17-38-13-15-39(16-14-38)27-10-8-26(34)9-11-27/h2-12,19-22,40H,13-18H2,1H3,(H,37,41)/b36-22+. The largest absolute Gasteiger partial charge is 0.506 e. The Morgan fingerprint density at radius 2 is 1.72 bits per heavy atom. The lowest BCUT2D eigenvalue weighted by Gasteiger charge is -2.36. The number of halogens is 2. The zero-order valence-corrected chi connectivity index (χ0v) is 25.2. The number of phenols is 1. The Morgan fingerprint density at radius 3 is 2.42 bits per heavy atom. The number of nitrogens with one attached hydrogen (secondary N) is 1. The van der Waals surface area contributed by atoms with Crippen LogP contribution in [0.4, 0.5) is 5.69 Å². The summed E-state index contributed by atoms with van der Waals surface area (Å²) in [6.07, 6.45) is 1.54. The van der Waals surface area contributed by atoms with Gasteiger partial charge in [-0.2, -0.15) is 5.10 Å². The van der Waals surface area contributed by atoms with Gasteiger partial charge in [0.1, 0.15) is 12.4 Å². The lowest BCUT2D eigenvalue weighted by molar-refractivity contribution is 0.0955. The van der Waals surface area contributed by atoms with Crippen LogP contribution in [-0.4, -0.2) is 68.6 Å². The molecule has 0 unspecified atom stereocenters. The van der Waals surface area contributed by atoms with E-state index in [9.17, 15) is 9.90 Å². The van der Waals surface area contributed by atoms with Crippen LogP contribution in [0, 0.1) is 0 Å². The lowest BCUT2D eigenvalue weighted by Crippen LogP contribution is -2.47. The van der Waals surface area contributed by atoms with Crippen molar-refractivity contribution in [1.29, 1.82) is 0 Å². The summed E-state index contributed by atoms with van der Waals surface area (Å²) in [5, 5.41) is 14.5. The van der Waals surface area contributed by atoms with Gasteiger partial charge in [-0.05, 0) is 65.7 Å². The normalized spacial score (nSPS) is 13.7. The van der Waals surface area contributed by atoms with E-state index in [1.165, 1.54) is 23.9 Å². The molecule has 222 valence electrons. The van der Waals surface area contributed by atoms with Crippen LogP contribution in [0.15, 0.2) is 90.0 Å². The second-order valence-corrected chi connectivity index (χ2v) is 10.8. The molecule has 1 aliphatic rings. The van der Waals surface area contributed by atoms with Crippen LogP contribution in [0.2, 0.25) is 10.0 Å². The number of nitrogens with zero attached hydrogens (tertiary/aromatic N) is 3. The van der Waals surface area contributed by atoms with Gasteiger partial charge in [-0.3, -0.25) is 9.69 Å². The number of anilines is 1. The van der Waals surface area contributed by atoms with E-state index in [2.05, 4.69) is 32.5 Å². The summed E-state index contributed by atoms with van der Waals surface area (Å²) in [5.74, 6) is 0.657. The fourth-order valence-corrected chi connectivity index (χ4v) is 5.17. The highest BCUT2D eigenvalue weighted by molar-refractivity contribution is 6.32. The number of amides is 1. The molecule has 0 aliphatic carbocycles. The molecular weight excluding hydrogens is 587 g/mol. The average molecular weight is 620 g/mol. The number of carbonyl (C=O) groups excluding carboxylic acids is 1. The Hall–Kier alpha value is -4.24. The number of rotatable bonds is 10. The monoisotopic (exact) mass is 618 g/mol. The van der Waals surface area contributed by atoms with Crippen molar-refractivity contribution in [3.8, 4) is 28.4 Å². The minimum atomic E-state index is -0.456. The van der Waals surface area contributed by atoms with E-state index in [1.54, 1.807) is 13.3 Å². The van der Waals surface area contributed by atoms with Gasteiger partial charge in [-0.15, -0.1) is 0 Å². The summed E-state index contributed by atoms with van der Waals surface area (Å²) in [6, 6.07) is 25.9. The quantitative estimate of drug-likeness (QED) is 0.159. The van der Waals surface area contributed by atoms with Crippen LogP contribution in [-0.2, 0) is 0 Å². The van der Waals surface area contributed by atoms with Crippen molar-refractivity contribution in [2.45, 2.75) is 0 Å². The van der Waals surface area contributed by atoms with Crippen molar-refractivity contribution < 1.29 is 19.4 Å². The molecule has 10 heteroatoms. The topological polar surface area (TPSA) is 86.6 Å². The highest BCUT2D eigenvalue weighted by Gasteiger charge is 2.19. The number of carbonyl (C=O) groups is 1. The Balaban J connectivity index is 1.26. The van der Waals surface area contributed by atoms with Crippen molar-refractivity contribution in [3.05, 3.63) is 106 Å². The molecule has 0 saturated carbocycles. The van der Waals surface area contributed by atoms with Crippen molar-refractivity contribution in [3.63, 3.8) is 0 Å². The molecule has 4 aromatic rings. The SMILES string of the molecule is COc1cc(/C=N/NC(=O)c2ccc(O)c(Cl)c2)cc(-c2ccccc2)c1OCCN1CCN(c2ccc(Cl)cc2)CC1. The smallest absolute Gasteiger partial charge is 0.271 e. The Labute approximate surface area is 261 Å². The summed E-state index contributed by atoms with van der Waals surface area (Å²) in [5.41, 5.74) is 6.49. The molecule has 1 aliphatic heterocycles. The van der Waals surface area contributed by atoms with Gasteiger partial charge in [-0.25, -0.2) is 5.43 Å². The van der Waals surface area contributed by atoms with E-state index in [-0.39, 0.29) is 16.3 Å². The van der Waals surface area contributed by atoms with Crippen molar-refractivity contribution in [2.75, 3.05) is 51.3 Å². The van der Waals surface area contributed by atoms with Crippen LogP contribution < -0.4 is 19.8 Å². The molecule has 5 rings (SSSR count). The minimum absolute atomic E-state index is 0.0876. The van der Waals surface area contributed by atoms with Crippen LogP contribution in [0.1, 0.15) is 15.9 Å². The van der Waals surface area contributed by atoms with Crippen LogP contribution >= 0.6 is 23.2 Å². The summed E-state index contributed by atoms with van der Waals surface area (Å²) < 4.78 is 12.1. The fourth-order valence-electron chi connectivity index (χ4n) is 4.87. The van der Waals surface area contributed by atoms with Crippen LogP contribution in [0.5, 0.6) is 17.2 Å². The molecule has 0 spiro atoms. The first-order valence-corrected chi connectivity index (χ1v) is 14.6. The van der Waals surface area contributed by atoms with Crippen LogP contribution in [0.3, 0.4) is 0 Å². The van der Waals surface area contributed by atoms with E-state index in [0.717, 1.165) is 48.9 Å². The third-order valence-corrected chi connectivity index (χ3v) is 7.74. The average Bonchev–Trinajstić information content (AvgIpc) is 3.03. The van der Waals surface area contributed by atoms with E-state index >= 15 is 0 Å². The summed E-state index contributed by atoms with van der Waals surface area (Å²) in [6.45, 7) is 5.02. The molecule has 1 amide bonds. The molecule has 0 atom stereocenters. The molecule has 1 heterocycles. The van der Waals surface area contributed by atoms with Crippen LogP contribution in [0.25, 0.3) is 11.1 Å². The number of hydrogen-bond donors (Lipinski definition) is 2. The maximum absolute atomic E-state index is 12.5. The first kappa shape index (κ1) is 30.2. The highest BCUT2D eigenvalue weighted by Crippen LogP contribution is 2.39. The second-order valence-electron chi connectivity index (χ2n) is 9.98. The molecule has 43 heavy (non-hydrogen) atoms. The van der Waals surface area contributed by atoms with Gasteiger partial charge < -0.3 is 19.5 Å². The zero-order chi connectivity index (χ0) is 30.2. The first-order chi connectivity index (χ1) is 20.9. The molecule has 0 radical (unpaired) electrons. The second kappa shape index (κ2) is 14.3. The van der Waals surface area contributed by atoms with Crippen molar-refractivity contribution in [1.82, 2.24) is 10.3 Å². The number of aromatic hydroxyl groups is 1. The molecule has 4 aromatic carbocycles. The van der Waals surface area contributed by atoms with Gasteiger partial charge in [-0.1, -0.05) is 53.5 Å². The molecule has 1 saturated heterocycles. The fraction of sp³-hybridized carbons (Fsp3) is 0.212. The van der Waals surface area contributed by atoms with Gasteiger partial charge >= 0.3 is 0 Å². The highest BCUT2D eigenvalue weighted by atomic mass is 35.5. The van der Waals surface area contributed by atoms with Crippen molar-refractivity contribution in [2.24, 2.45) is 5.10 Å². The predicted octanol–water partition coefficient (Wildman–Crippen LogP) is 6.34. The maximum atomic E-state index is 12.5. The van der Waals surface area contributed by atoms with E-state index in [0.29, 0.717) is 23.7 Å². The zero-order valence-electron chi connectivity index (χ0n) is 23.7. The molecule has 2 N–H and O–H groups in total. The first-order valence-electron chi connectivity index (χ1n) is 13.9. The minimum Gasteiger partial charge on any atom is -0.506 e. The van der Waals surface area contributed by atoms with E-state index < -0.39 is 5.91 Å². The molecule has 8 nitrogen and oxygen atoms in total. The van der Waals surface area contributed by atoms with E-state index in [4.69, 9.17) is 32.7 Å². The number of hydrazone groups is 1. The van der Waals surface area contributed by atoms with Gasteiger partial charge in [0.2, 0.25) is 0 Å². The number of phenolic OH excluding ortho intramolecular Hbond substituents is 1. The number of ether oxygens (including phenoxy) is 2. The van der Waals surface area contributed by atoms with E-state index in [1.807, 2.05) is 54.6 Å². The molecule has 0 bridgehead atoms. The Morgan fingerprint density at radius 1 is 0.977 bits per heavy atom.